The number of carbonyl (C=O) groups is 1. The van der Waals surface area contributed by atoms with Crippen LogP contribution in [0.2, 0.25) is 0 Å². The Bertz CT molecular complexity index is 130. The van der Waals surface area contributed by atoms with E-state index in [1.54, 1.807) is 0 Å². The molecule has 0 spiro atoms. The van der Waals surface area contributed by atoms with Crippen molar-refractivity contribution in [1.29, 1.82) is 0 Å². The first-order chi connectivity index (χ1) is 6.18. The molecule has 0 radical (unpaired) electrons. The molecular weight excluding hydrogens is 210 g/mol. The zero-order chi connectivity index (χ0) is 10.1. The molecule has 0 aromatic carbocycles. The van der Waals surface area contributed by atoms with Gasteiger partial charge >= 0.3 is 5.97 Å². The van der Waals surface area contributed by atoms with E-state index in [4.69, 9.17) is 15.9 Å². The quantitative estimate of drug-likeness (QED) is 0.595. The van der Waals surface area contributed by atoms with E-state index in [0.717, 1.165) is 0 Å². The normalized spacial score (nSPS) is 18.3. The van der Waals surface area contributed by atoms with Gasteiger partial charge in [0.2, 0.25) is 0 Å². The smallest absolute Gasteiger partial charge is 0.322 e. The Balaban J connectivity index is 0.000000223. The molecule has 13 heavy (non-hydrogen) atoms. The van der Waals surface area contributed by atoms with E-state index < -0.39 is 18.6 Å². The zero-order valence-electron chi connectivity index (χ0n) is 7.31. The third-order valence-corrected chi connectivity index (χ3v) is 3.88. The summed E-state index contributed by atoms with van der Waals surface area (Å²) in [6.45, 7) is -0.505. The summed E-state index contributed by atoms with van der Waals surface area (Å²) in [6.07, 6.45) is 2.88. The maximum atomic E-state index is 9.65. The van der Waals surface area contributed by atoms with Gasteiger partial charge in [-0.15, -0.1) is 0 Å². The van der Waals surface area contributed by atoms with Crippen LogP contribution in [0.15, 0.2) is 0 Å². The third-order valence-electron chi connectivity index (χ3n) is 1.30. The molecule has 4 N–H and O–H groups in total. The van der Waals surface area contributed by atoms with Crippen LogP contribution < -0.4 is 5.73 Å². The minimum Gasteiger partial charge on any atom is -0.480 e. The summed E-state index contributed by atoms with van der Waals surface area (Å²) in [6, 6.07) is -1.13. The van der Waals surface area contributed by atoms with Crippen molar-refractivity contribution in [3.63, 3.8) is 0 Å². The van der Waals surface area contributed by atoms with E-state index in [1.807, 2.05) is 21.6 Å². The van der Waals surface area contributed by atoms with Gasteiger partial charge in [-0.2, -0.15) is 0 Å². The Morgan fingerprint density at radius 3 is 1.92 bits per heavy atom. The fourth-order valence-corrected chi connectivity index (χ4v) is 2.81. The predicted octanol–water partition coefficient (Wildman–Crippen LogP) is 0.552. The van der Waals surface area contributed by atoms with E-state index in [-0.39, 0.29) is 0 Å². The molecule has 0 aromatic heterocycles. The van der Waals surface area contributed by atoms with Crippen LogP contribution in [0.5, 0.6) is 0 Å². The molecule has 0 aromatic rings. The molecule has 0 aliphatic carbocycles. The molecule has 0 amide bonds. The van der Waals surface area contributed by atoms with Crippen molar-refractivity contribution in [2.45, 2.75) is 18.9 Å². The number of nitrogens with two attached hydrogens (primary N) is 1. The molecule has 1 saturated heterocycles. The Hall–Kier alpha value is 0.0900. The van der Waals surface area contributed by atoms with Crippen molar-refractivity contribution in [2.75, 3.05) is 18.1 Å². The van der Waals surface area contributed by atoms with Crippen LogP contribution in [-0.2, 0) is 4.79 Å². The lowest BCUT2D eigenvalue weighted by atomic mass is 10.3. The number of aliphatic hydroxyl groups excluding tert-OH is 1. The minimum atomic E-state index is -1.18. The molecule has 0 bridgehead atoms. The average Bonchev–Trinajstić information content (AvgIpc) is 2.20. The van der Waals surface area contributed by atoms with Gasteiger partial charge in [0.1, 0.15) is 6.04 Å². The molecule has 78 valence electrons. The number of carboxylic acids is 1. The second-order valence-corrected chi connectivity index (χ2v) is 5.18. The molecule has 1 fully saturated rings. The highest BCUT2D eigenvalue weighted by atomic mass is 33.1. The van der Waals surface area contributed by atoms with Crippen molar-refractivity contribution in [2.24, 2.45) is 5.73 Å². The van der Waals surface area contributed by atoms with Crippen molar-refractivity contribution in [3.8, 4) is 0 Å². The van der Waals surface area contributed by atoms with E-state index in [0.29, 0.717) is 0 Å². The number of hydrogen-bond acceptors (Lipinski definition) is 5. The molecule has 1 heterocycles. The third kappa shape index (κ3) is 8.42. The van der Waals surface area contributed by atoms with Crippen LogP contribution in [0.1, 0.15) is 12.8 Å². The number of hydrogen-bond donors (Lipinski definition) is 3. The number of aliphatic carboxylic acids is 1. The zero-order valence-corrected chi connectivity index (χ0v) is 8.94. The summed E-state index contributed by atoms with van der Waals surface area (Å²) in [7, 11) is 4.02. The Kier molecular flexibility index (Phi) is 8.74. The summed E-state index contributed by atoms with van der Waals surface area (Å²) in [5, 5.41) is 15.9. The average molecular weight is 225 g/mol. The molecule has 6 heteroatoms. The Morgan fingerprint density at radius 2 is 1.85 bits per heavy atom. The van der Waals surface area contributed by atoms with Crippen LogP contribution >= 0.6 is 21.6 Å². The standard InChI is InChI=1S/C4H8S2.C3H7NO3/c1-2-4-6-5-3-1;4-2(1-5)3(6)7/h1-4H2;2,5H,1,4H2,(H,6,7). The van der Waals surface area contributed by atoms with Gasteiger partial charge in [-0.25, -0.2) is 0 Å². The van der Waals surface area contributed by atoms with E-state index in [2.05, 4.69) is 0 Å². The van der Waals surface area contributed by atoms with Gasteiger partial charge in [-0.3, -0.25) is 4.79 Å². The van der Waals surface area contributed by atoms with Crippen molar-refractivity contribution in [1.82, 2.24) is 0 Å². The summed E-state index contributed by atoms with van der Waals surface area (Å²) in [5.41, 5.74) is 4.77. The lowest BCUT2D eigenvalue weighted by Crippen LogP contribution is -2.33. The fourth-order valence-electron chi connectivity index (χ4n) is 0.518. The first-order valence-corrected chi connectivity index (χ1v) is 6.51. The fraction of sp³-hybridized carbons (Fsp3) is 0.857. The topological polar surface area (TPSA) is 83.5 Å². The highest BCUT2D eigenvalue weighted by molar-refractivity contribution is 8.76. The minimum absolute atomic E-state index is 0.505. The van der Waals surface area contributed by atoms with Gasteiger partial charge in [-0.05, 0) is 12.8 Å². The maximum Gasteiger partial charge on any atom is 0.322 e. The van der Waals surface area contributed by atoms with Gasteiger partial charge < -0.3 is 15.9 Å². The van der Waals surface area contributed by atoms with Gasteiger partial charge in [0.05, 0.1) is 6.61 Å². The molecule has 1 atom stereocenters. The number of rotatable bonds is 2. The van der Waals surface area contributed by atoms with E-state index in [1.165, 1.54) is 24.3 Å². The van der Waals surface area contributed by atoms with E-state index >= 15 is 0 Å². The van der Waals surface area contributed by atoms with Gasteiger partial charge in [-0.1, -0.05) is 21.6 Å². The molecule has 1 unspecified atom stereocenters. The molecular formula is C7H15NO3S2. The molecule has 1 rings (SSSR count). The Morgan fingerprint density at radius 1 is 1.38 bits per heavy atom. The van der Waals surface area contributed by atoms with Crippen LogP contribution in [0.25, 0.3) is 0 Å². The molecule has 1 aliphatic rings. The molecule has 1 aliphatic heterocycles. The van der Waals surface area contributed by atoms with Crippen LogP contribution in [-0.4, -0.2) is 40.3 Å². The van der Waals surface area contributed by atoms with Crippen LogP contribution in [0.4, 0.5) is 0 Å². The summed E-state index contributed by atoms with van der Waals surface area (Å²) >= 11 is 0. The summed E-state index contributed by atoms with van der Waals surface area (Å²) < 4.78 is 0. The maximum absolute atomic E-state index is 9.65. The second-order valence-electron chi connectivity index (χ2n) is 2.48. The first kappa shape index (κ1) is 13.1. The SMILES string of the molecule is C1CCSSC1.NC(CO)C(=O)O. The van der Waals surface area contributed by atoms with Gasteiger partial charge in [0.15, 0.2) is 0 Å². The highest BCUT2D eigenvalue weighted by Crippen LogP contribution is 2.28. The summed E-state index contributed by atoms with van der Waals surface area (Å²) in [4.78, 5) is 9.65. The van der Waals surface area contributed by atoms with Crippen LogP contribution in [0.3, 0.4) is 0 Å². The largest absolute Gasteiger partial charge is 0.480 e. The van der Waals surface area contributed by atoms with Crippen LogP contribution in [0, 0.1) is 0 Å². The predicted molar refractivity (Wildman–Crippen MR) is 56.8 cm³/mol. The van der Waals surface area contributed by atoms with Crippen molar-refractivity contribution >= 4 is 27.6 Å². The van der Waals surface area contributed by atoms with E-state index in [9.17, 15) is 4.79 Å². The van der Waals surface area contributed by atoms with Gasteiger partial charge in [0, 0.05) is 11.5 Å². The highest BCUT2D eigenvalue weighted by Gasteiger charge is 2.07. The monoisotopic (exact) mass is 225 g/mol. The van der Waals surface area contributed by atoms with Crippen molar-refractivity contribution < 1.29 is 15.0 Å². The Labute approximate surface area is 85.7 Å². The summed E-state index contributed by atoms with van der Waals surface area (Å²) in [5.74, 6) is 1.58. The lowest BCUT2D eigenvalue weighted by molar-refractivity contribution is -0.139. The second kappa shape index (κ2) is 8.68. The number of aliphatic hydroxyl groups is 1. The molecule has 4 nitrogen and oxygen atoms in total. The van der Waals surface area contributed by atoms with Crippen molar-refractivity contribution in [3.05, 3.63) is 0 Å². The molecule has 0 saturated carbocycles. The first-order valence-electron chi connectivity index (χ1n) is 4.02. The number of carboxylic acid groups (broad SMARTS) is 1. The van der Waals surface area contributed by atoms with Gasteiger partial charge in [0.25, 0.3) is 0 Å². The lowest BCUT2D eigenvalue weighted by Gasteiger charge is -2.04.